The Kier molecular flexibility index (Phi) is 11.4. The Morgan fingerprint density at radius 3 is 2.79 bits per heavy atom. The van der Waals surface area contributed by atoms with Crippen LogP contribution in [-0.2, 0) is 4.74 Å². The Morgan fingerprint density at radius 1 is 1.24 bits per heavy atom. The molecule has 0 spiro atoms. The molecule has 2 amide bonds. The molecule has 5 nitrogen and oxygen atoms in total. The predicted octanol–water partition coefficient (Wildman–Crippen LogP) is 6.10. The van der Waals surface area contributed by atoms with Gasteiger partial charge in [0.15, 0.2) is 0 Å². The van der Waals surface area contributed by atoms with Crippen LogP contribution in [0.15, 0.2) is 18.2 Å². The number of nitrogens with one attached hydrogen (secondary N) is 1. The van der Waals surface area contributed by atoms with Crippen molar-refractivity contribution >= 4 is 17.6 Å². The molecule has 1 saturated carbocycles. The van der Waals surface area contributed by atoms with Crippen molar-refractivity contribution in [2.75, 3.05) is 33.4 Å². The third kappa shape index (κ3) is 8.10. The van der Waals surface area contributed by atoms with Gasteiger partial charge in [0.05, 0.1) is 5.02 Å². The van der Waals surface area contributed by atoms with Gasteiger partial charge in [0.25, 0.3) is 0 Å². The van der Waals surface area contributed by atoms with Crippen LogP contribution in [0.4, 0.5) is 9.18 Å². The van der Waals surface area contributed by atoms with E-state index < -0.39 is 0 Å². The van der Waals surface area contributed by atoms with Crippen molar-refractivity contribution in [1.29, 1.82) is 0 Å². The van der Waals surface area contributed by atoms with Crippen LogP contribution in [0.1, 0.15) is 82.1 Å². The molecule has 34 heavy (non-hydrogen) atoms. The lowest BCUT2D eigenvalue weighted by Gasteiger charge is -2.37. The molecule has 1 aliphatic carbocycles. The second-order valence-electron chi connectivity index (χ2n) is 10.3. The van der Waals surface area contributed by atoms with Gasteiger partial charge in [0, 0.05) is 39.4 Å². The number of rotatable bonds is 11. The number of carbonyl (C=O) groups is 1. The number of likely N-dealkylation sites (tertiary alicyclic amines) is 1. The van der Waals surface area contributed by atoms with E-state index in [1.807, 2.05) is 17.0 Å². The fourth-order valence-electron chi connectivity index (χ4n) is 5.85. The molecule has 1 saturated heterocycles. The van der Waals surface area contributed by atoms with Gasteiger partial charge in [-0.2, -0.15) is 0 Å². The number of carbonyl (C=O) groups excluding carboxylic acids is 1. The van der Waals surface area contributed by atoms with E-state index in [0.29, 0.717) is 31.2 Å². The van der Waals surface area contributed by atoms with Crippen molar-refractivity contribution in [1.82, 2.24) is 10.2 Å². The second-order valence-corrected chi connectivity index (χ2v) is 10.7. The van der Waals surface area contributed by atoms with E-state index in [9.17, 15) is 9.18 Å². The molecule has 3 rings (SSSR count). The number of methoxy groups -OCH3 is 1. The summed E-state index contributed by atoms with van der Waals surface area (Å²) in [6.45, 7) is 2.57. The topological polar surface area (TPSA) is 67.6 Å². The summed E-state index contributed by atoms with van der Waals surface area (Å²) >= 11 is 6.12. The van der Waals surface area contributed by atoms with E-state index in [2.05, 4.69) is 5.32 Å². The molecule has 0 aromatic heterocycles. The average Bonchev–Trinajstić information content (AvgIpc) is 2.85. The minimum atomic E-state index is -0.323. The second kappa shape index (κ2) is 14.3. The molecule has 2 unspecified atom stereocenters. The van der Waals surface area contributed by atoms with E-state index in [0.717, 1.165) is 45.1 Å². The van der Waals surface area contributed by atoms with Gasteiger partial charge < -0.3 is 20.7 Å². The number of halogens is 2. The number of nitrogens with zero attached hydrogens (tertiary/aromatic N) is 1. The summed E-state index contributed by atoms with van der Waals surface area (Å²) in [5.41, 5.74) is 7.02. The highest BCUT2D eigenvalue weighted by Gasteiger charge is 2.32. The lowest BCUT2D eigenvalue weighted by atomic mass is 9.78. The van der Waals surface area contributed by atoms with E-state index >= 15 is 0 Å². The predicted molar refractivity (Wildman–Crippen MR) is 137 cm³/mol. The molecular formula is C27H43ClFN3O2. The summed E-state index contributed by atoms with van der Waals surface area (Å²) in [6.07, 6.45) is 12.1. The Bertz CT molecular complexity index is 759. The molecule has 7 heteroatoms. The van der Waals surface area contributed by atoms with Crippen molar-refractivity contribution < 1.29 is 13.9 Å². The minimum absolute atomic E-state index is 0.00160. The maximum Gasteiger partial charge on any atom is 0.317 e. The summed E-state index contributed by atoms with van der Waals surface area (Å²) < 4.78 is 20.2. The van der Waals surface area contributed by atoms with E-state index in [1.165, 1.54) is 32.1 Å². The SMILES string of the molecule is COCCCC[C@@H](c1cccc(Cl)c1F)C1CCCN(C(=O)NCC(N)CC2CCCCC2)C1. The van der Waals surface area contributed by atoms with Crippen molar-refractivity contribution in [2.24, 2.45) is 17.6 Å². The van der Waals surface area contributed by atoms with Crippen LogP contribution in [0.25, 0.3) is 0 Å². The Balaban J connectivity index is 1.57. The van der Waals surface area contributed by atoms with Gasteiger partial charge >= 0.3 is 6.03 Å². The number of benzene rings is 1. The summed E-state index contributed by atoms with van der Waals surface area (Å²) in [7, 11) is 1.70. The molecule has 0 radical (unpaired) electrons. The molecular weight excluding hydrogens is 453 g/mol. The quantitative estimate of drug-likeness (QED) is 0.364. The summed E-state index contributed by atoms with van der Waals surface area (Å²) in [5.74, 6) is 0.605. The lowest BCUT2D eigenvalue weighted by molar-refractivity contribution is 0.150. The normalized spacial score (nSPS) is 21.3. The van der Waals surface area contributed by atoms with Crippen LogP contribution < -0.4 is 11.1 Å². The average molecular weight is 496 g/mol. The third-order valence-corrected chi connectivity index (χ3v) is 7.98. The van der Waals surface area contributed by atoms with Gasteiger partial charge in [-0.15, -0.1) is 0 Å². The number of piperidine rings is 1. The van der Waals surface area contributed by atoms with Crippen LogP contribution in [-0.4, -0.2) is 50.3 Å². The first-order valence-corrected chi connectivity index (χ1v) is 13.6. The number of urea groups is 1. The maximum absolute atomic E-state index is 15.0. The van der Waals surface area contributed by atoms with E-state index in [-0.39, 0.29) is 34.7 Å². The fraction of sp³-hybridized carbons (Fsp3) is 0.741. The molecule has 2 fully saturated rings. The zero-order valence-corrected chi connectivity index (χ0v) is 21.5. The number of amides is 2. The Hall–Kier alpha value is -1.37. The third-order valence-electron chi connectivity index (χ3n) is 7.68. The highest BCUT2D eigenvalue weighted by atomic mass is 35.5. The summed E-state index contributed by atoms with van der Waals surface area (Å²) in [5, 5.41) is 3.24. The number of ether oxygens (including phenoxy) is 1. The van der Waals surface area contributed by atoms with Crippen molar-refractivity contribution in [3.63, 3.8) is 0 Å². The molecule has 1 aromatic carbocycles. The highest BCUT2D eigenvalue weighted by Crippen LogP contribution is 2.38. The van der Waals surface area contributed by atoms with Crippen LogP contribution >= 0.6 is 11.6 Å². The fourth-order valence-corrected chi connectivity index (χ4v) is 6.03. The van der Waals surface area contributed by atoms with Crippen LogP contribution in [0.5, 0.6) is 0 Å². The lowest BCUT2D eigenvalue weighted by Crippen LogP contribution is -2.49. The molecule has 1 heterocycles. The highest BCUT2D eigenvalue weighted by molar-refractivity contribution is 6.30. The summed E-state index contributed by atoms with van der Waals surface area (Å²) in [6, 6.07) is 5.23. The van der Waals surface area contributed by atoms with Gasteiger partial charge in [0.2, 0.25) is 0 Å². The molecule has 0 bridgehead atoms. The molecule has 3 N–H and O–H groups in total. The van der Waals surface area contributed by atoms with Crippen LogP contribution in [0.2, 0.25) is 5.02 Å². The van der Waals surface area contributed by atoms with Crippen LogP contribution in [0.3, 0.4) is 0 Å². The van der Waals surface area contributed by atoms with Gasteiger partial charge in [-0.3, -0.25) is 0 Å². The van der Waals surface area contributed by atoms with Gasteiger partial charge in [0.1, 0.15) is 5.82 Å². The zero-order chi connectivity index (χ0) is 24.3. The zero-order valence-electron chi connectivity index (χ0n) is 20.7. The molecule has 192 valence electrons. The number of hydrogen-bond acceptors (Lipinski definition) is 3. The smallest absolute Gasteiger partial charge is 0.317 e. The molecule has 1 aromatic rings. The Morgan fingerprint density at radius 2 is 2.03 bits per heavy atom. The number of unbranched alkanes of at least 4 members (excludes halogenated alkanes) is 1. The van der Waals surface area contributed by atoms with Crippen molar-refractivity contribution in [3.05, 3.63) is 34.6 Å². The van der Waals surface area contributed by atoms with E-state index in [1.54, 1.807) is 13.2 Å². The molecule has 3 atom stereocenters. The first-order valence-electron chi connectivity index (χ1n) is 13.2. The first-order chi connectivity index (χ1) is 16.5. The molecule has 1 aliphatic heterocycles. The molecule has 2 aliphatic rings. The van der Waals surface area contributed by atoms with Gasteiger partial charge in [-0.1, -0.05) is 62.3 Å². The Labute approximate surface area is 209 Å². The standard InChI is InChI=1S/C27H43ClFN3O2/c1-34-16-6-5-12-23(24-13-7-14-25(28)26(24)29)21-11-8-15-32(19-21)27(33)31-18-22(30)17-20-9-3-2-4-10-20/h7,13-14,20-23H,2-6,8-12,15-19,30H2,1H3,(H,31,33)/t21?,22?,23-/m1/s1. The summed E-state index contributed by atoms with van der Waals surface area (Å²) in [4.78, 5) is 14.9. The number of nitrogens with two attached hydrogens (primary N) is 1. The van der Waals surface area contributed by atoms with Crippen molar-refractivity contribution in [2.45, 2.75) is 82.6 Å². The minimum Gasteiger partial charge on any atom is -0.385 e. The van der Waals surface area contributed by atoms with Crippen molar-refractivity contribution in [3.8, 4) is 0 Å². The monoisotopic (exact) mass is 495 g/mol. The van der Waals surface area contributed by atoms with Gasteiger partial charge in [-0.25, -0.2) is 9.18 Å². The van der Waals surface area contributed by atoms with Crippen LogP contribution in [0, 0.1) is 17.7 Å². The van der Waals surface area contributed by atoms with E-state index in [4.69, 9.17) is 22.1 Å². The maximum atomic E-state index is 15.0. The number of hydrogen-bond donors (Lipinski definition) is 2. The van der Waals surface area contributed by atoms with Gasteiger partial charge in [-0.05, 0) is 61.5 Å². The largest absolute Gasteiger partial charge is 0.385 e. The first kappa shape index (κ1) is 27.2.